The number of aliphatic imine (C=N–C) groups is 1. The number of thiophene rings is 1. The number of hydrogen-bond acceptors (Lipinski definition) is 6. The average molecular weight is 346 g/mol. The normalized spacial score (nSPS) is 17.5. The summed E-state index contributed by atoms with van der Waals surface area (Å²) >= 11 is 0.255. The molecule has 1 aromatic carbocycles. The molecule has 5 nitrogen and oxygen atoms in total. The number of rotatable bonds is 4. The minimum absolute atomic E-state index is 0.232. The van der Waals surface area contributed by atoms with Crippen molar-refractivity contribution in [3.63, 3.8) is 0 Å². The summed E-state index contributed by atoms with van der Waals surface area (Å²) in [5, 5.41) is 1.93. The first-order chi connectivity index (χ1) is 11.0. The summed E-state index contributed by atoms with van der Waals surface area (Å²) in [6, 6.07) is 10.8. The summed E-state index contributed by atoms with van der Waals surface area (Å²) in [6.45, 7) is 0. The average Bonchev–Trinajstić information content (AvgIpc) is 3.17. The van der Waals surface area contributed by atoms with Crippen molar-refractivity contribution in [1.82, 2.24) is 4.31 Å². The highest BCUT2D eigenvalue weighted by atomic mass is 32.2. The standard InChI is InChI=1S/C16H14N2O3S2/c1-18(2)23(20)13-7-3-5-11(9-13)15-17-14(16(19)21-15)10-12-6-4-8-22-12/h3-10H,1-2H3/b14-10+. The first-order valence-electron chi connectivity index (χ1n) is 6.80. The van der Waals surface area contributed by atoms with Crippen LogP contribution in [0.1, 0.15) is 10.4 Å². The minimum atomic E-state index is -1.26. The van der Waals surface area contributed by atoms with E-state index in [0.717, 1.165) is 4.88 Å². The molecule has 23 heavy (non-hydrogen) atoms. The predicted molar refractivity (Wildman–Crippen MR) is 91.5 cm³/mol. The maximum atomic E-state index is 12.1. The molecule has 0 fully saturated rings. The van der Waals surface area contributed by atoms with Gasteiger partial charge >= 0.3 is 5.97 Å². The van der Waals surface area contributed by atoms with E-state index < -0.39 is 17.3 Å². The maximum absolute atomic E-state index is 12.1. The van der Waals surface area contributed by atoms with Gasteiger partial charge in [-0.2, -0.15) is 0 Å². The Morgan fingerprint density at radius 3 is 2.83 bits per heavy atom. The van der Waals surface area contributed by atoms with E-state index in [1.165, 1.54) is 11.3 Å². The fourth-order valence-corrected chi connectivity index (χ4v) is 3.48. The number of esters is 1. The van der Waals surface area contributed by atoms with Crippen LogP contribution in [0.5, 0.6) is 0 Å². The van der Waals surface area contributed by atoms with Crippen molar-refractivity contribution in [2.75, 3.05) is 14.1 Å². The Hall–Kier alpha value is -1.93. The summed E-state index contributed by atoms with van der Waals surface area (Å²) in [5.41, 5.74) is 0.891. The highest BCUT2D eigenvalue weighted by Gasteiger charge is 2.25. The van der Waals surface area contributed by atoms with Crippen LogP contribution < -0.4 is 0 Å². The molecule has 0 amide bonds. The molecule has 0 bridgehead atoms. The van der Waals surface area contributed by atoms with Gasteiger partial charge in [-0.1, -0.05) is 12.1 Å². The van der Waals surface area contributed by atoms with Crippen LogP contribution in [0.4, 0.5) is 0 Å². The Kier molecular flexibility index (Phi) is 4.63. The zero-order chi connectivity index (χ0) is 16.4. The molecule has 1 aromatic heterocycles. The van der Waals surface area contributed by atoms with Gasteiger partial charge in [0.15, 0.2) is 10.6 Å². The van der Waals surface area contributed by atoms with E-state index in [-0.39, 0.29) is 11.6 Å². The molecule has 0 saturated carbocycles. The number of cyclic esters (lactones) is 1. The number of carbonyl (C=O) groups excluding carboxylic acids is 1. The first kappa shape index (κ1) is 15.9. The van der Waals surface area contributed by atoms with Gasteiger partial charge in [0, 0.05) is 30.6 Å². The Bertz CT molecular complexity index is 782. The highest BCUT2D eigenvalue weighted by molar-refractivity contribution is 7.89. The largest absolute Gasteiger partial charge is 0.593 e. The SMILES string of the molecule is CN(C)[S+]([O-])c1cccc(C2=N/C(=C/c3cccs3)C(=O)O2)c1. The highest BCUT2D eigenvalue weighted by Crippen LogP contribution is 2.22. The lowest BCUT2D eigenvalue weighted by molar-refractivity contribution is -0.129. The zero-order valence-electron chi connectivity index (χ0n) is 12.6. The van der Waals surface area contributed by atoms with Crippen molar-refractivity contribution in [1.29, 1.82) is 0 Å². The lowest BCUT2D eigenvalue weighted by Crippen LogP contribution is -2.22. The topological polar surface area (TPSA) is 65.0 Å². The van der Waals surface area contributed by atoms with Crippen LogP contribution in [-0.4, -0.2) is 34.8 Å². The minimum Gasteiger partial charge on any atom is -0.593 e. The van der Waals surface area contributed by atoms with Gasteiger partial charge in [0.2, 0.25) is 5.90 Å². The fraction of sp³-hybridized carbons (Fsp3) is 0.125. The molecule has 0 spiro atoms. The van der Waals surface area contributed by atoms with Crippen LogP contribution in [0.25, 0.3) is 6.08 Å². The second-order valence-electron chi connectivity index (χ2n) is 4.94. The molecule has 1 atom stereocenters. The van der Waals surface area contributed by atoms with Gasteiger partial charge in [-0.25, -0.2) is 9.79 Å². The molecule has 3 rings (SSSR count). The van der Waals surface area contributed by atoms with E-state index in [2.05, 4.69) is 4.99 Å². The van der Waals surface area contributed by atoms with Crippen LogP contribution in [0.2, 0.25) is 0 Å². The van der Waals surface area contributed by atoms with E-state index in [0.29, 0.717) is 10.5 Å². The van der Waals surface area contributed by atoms with Crippen molar-refractivity contribution in [3.05, 3.63) is 57.9 Å². The van der Waals surface area contributed by atoms with E-state index in [1.807, 2.05) is 17.5 Å². The zero-order valence-corrected chi connectivity index (χ0v) is 14.2. The monoisotopic (exact) mass is 346 g/mol. The van der Waals surface area contributed by atoms with Gasteiger partial charge < -0.3 is 9.29 Å². The van der Waals surface area contributed by atoms with Crippen molar-refractivity contribution in [2.24, 2.45) is 4.99 Å². The molecule has 118 valence electrons. The Morgan fingerprint density at radius 2 is 2.13 bits per heavy atom. The van der Waals surface area contributed by atoms with Crippen LogP contribution in [0.15, 0.2) is 57.4 Å². The molecule has 0 saturated heterocycles. The number of hydrogen-bond donors (Lipinski definition) is 0. The second kappa shape index (κ2) is 6.67. The third-order valence-corrected chi connectivity index (χ3v) is 5.20. The van der Waals surface area contributed by atoms with Crippen molar-refractivity contribution < 1.29 is 14.1 Å². The number of nitrogens with zero attached hydrogens (tertiary/aromatic N) is 2. The molecule has 2 aromatic rings. The smallest absolute Gasteiger partial charge is 0.363 e. The molecule has 0 radical (unpaired) electrons. The molecule has 0 N–H and O–H groups in total. The van der Waals surface area contributed by atoms with Crippen LogP contribution >= 0.6 is 11.3 Å². The van der Waals surface area contributed by atoms with Crippen LogP contribution in [0, 0.1) is 0 Å². The number of benzene rings is 1. The van der Waals surface area contributed by atoms with Gasteiger partial charge in [0.05, 0.1) is 11.4 Å². The van der Waals surface area contributed by atoms with Crippen LogP contribution in [0.3, 0.4) is 0 Å². The molecule has 2 heterocycles. The Morgan fingerprint density at radius 1 is 1.30 bits per heavy atom. The predicted octanol–water partition coefficient (Wildman–Crippen LogP) is 2.68. The molecular formula is C16H14N2O3S2. The maximum Gasteiger partial charge on any atom is 0.363 e. The Labute approximate surface area is 141 Å². The van der Waals surface area contributed by atoms with Crippen LogP contribution in [-0.2, 0) is 20.9 Å². The lowest BCUT2D eigenvalue weighted by atomic mass is 10.2. The summed E-state index contributed by atoms with van der Waals surface area (Å²) in [5.74, 6) is -0.247. The molecular weight excluding hydrogens is 332 g/mol. The second-order valence-corrected chi connectivity index (χ2v) is 7.62. The molecule has 1 aliphatic heterocycles. The number of ether oxygens (including phenoxy) is 1. The van der Waals surface area contributed by atoms with Gasteiger partial charge in [0.1, 0.15) is 0 Å². The van der Waals surface area contributed by atoms with Crippen molar-refractivity contribution >= 4 is 40.6 Å². The van der Waals surface area contributed by atoms with Gasteiger partial charge in [-0.15, -0.1) is 15.6 Å². The molecule has 1 aliphatic rings. The van der Waals surface area contributed by atoms with E-state index in [1.54, 1.807) is 48.7 Å². The number of carbonyl (C=O) groups is 1. The molecule has 0 aliphatic carbocycles. The van der Waals surface area contributed by atoms with E-state index in [9.17, 15) is 9.35 Å². The summed E-state index contributed by atoms with van der Waals surface area (Å²) in [7, 11) is 3.47. The third kappa shape index (κ3) is 3.53. The van der Waals surface area contributed by atoms with Crippen molar-refractivity contribution in [3.8, 4) is 0 Å². The molecule has 1 unspecified atom stereocenters. The fourth-order valence-electron chi connectivity index (χ4n) is 1.99. The quantitative estimate of drug-likeness (QED) is 0.485. The lowest BCUT2D eigenvalue weighted by Gasteiger charge is -2.15. The van der Waals surface area contributed by atoms with Crippen molar-refractivity contribution in [2.45, 2.75) is 4.90 Å². The van der Waals surface area contributed by atoms with Gasteiger partial charge in [-0.3, -0.25) is 0 Å². The van der Waals surface area contributed by atoms with Gasteiger partial charge in [-0.05, 0) is 29.7 Å². The molecule has 7 heteroatoms. The summed E-state index contributed by atoms with van der Waals surface area (Å²) in [4.78, 5) is 17.8. The van der Waals surface area contributed by atoms with E-state index >= 15 is 0 Å². The third-order valence-electron chi connectivity index (χ3n) is 3.06. The first-order valence-corrected chi connectivity index (χ1v) is 8.79. The summed E-state index contributed by atoms with van der Waals surface area (Å²) < 4.78 is 19.0. The van der Waals surface area contributed by atoms with E-state index in [4.69, 9.17) is 4.74 Å². The summed E-state index contributed by atoms with van der Waals surface area (Å²) in [6.07, 6.45) is 1.70. The Balaban J connectivity index is 1.91. The van der Waals surface area contributed by atoms with Gasteiger partial charge in [0.25, 0.3) is 0 Å².